The summed E-state index contributed by atoms with van der Waals surface area (Å²) in [5.74, 6) is 0.766. The maximum atomic E-state index is 11.8. The fraction of sp³-hybridized carbons (Fsp3) is 0.917. The molecular weight excluding hydrogens is 204 g/mol. The number of hydrogen-bond acceptors (Lipinski definition) is 3. The van der Waals surface area contributed by atoms with E-state index in [1.807, 2.05) is 20.9 Å². The van der Waals surface area contributed by atoms with Crippen LogP contribution in [0.1, 0.15) is 26.7 Å². The molecule has 4 heteroatoms. The van der Waals surface area contributed by atoms with Gasteiger partial charge < -0.3 is 15.4 Å². The van der Waals surface area contributed by atoms with Crippen molar-refractivity contribution < 1.29 is 9.53 Å². The van der Waals surface area contributed by atoms with Crippen LogP contribution in [-0.2, 0) is 9.53 Å². The Kier molecular flexibility index (Phi) is 5.22. The number of ether oxygens (including phenoxy) is 1. The van der Waals surface area contributed by atoms with Crippen LogP contribution < -0.4 is 5.73 Å². The molecule has 2 N–H and O–H groups in total. The Morgan fingerprint density at radius 1 is 1.50 bits per heavy atom. The molecular formula is C12H24N2O2. The van der Waals surface area contributed by atoms with Gasteiger partial charge in [-0.25, -0.2) is 0 Å². The third-order valence-electron chi connectivity index (χ3n) is 3.18. The molecule has 0 bridgehead atoms. The second-order valence-electron chi connectivity index (χ2n) is 4.93. The summed E-state index contributed by atoms with van der Waals surface area (Å²) in [4.78, 5) is 13.5. The summed E-state index contributed by atoms with van der Waals surface area (Å²) in [6.45, 7) is 5.87. The van der Waals surface area contributed by atoms with Crippen LogP contribution in [0.4, 0.5) is 0 Å². The zero-order valence-electron chi connectivity index (χ0n) is 10.6. The highest BCUT2D eigenvalue weighted by Gasteiger charge is 2.22. The smallest absolute Gasteiger partial charge is 0.226 e. The molecule has 4 nitrogen and oxygen atoms in total. The van der Waals surface area contributed by atoms with Gasteiger partial charge in [-0.1, -0.05) is 6.92 Å². The topological polar surface area (TPSA) is 55.6 Å². The molecule has 0 aliphatic heterocycles. The molecule has 0 aromatic heterocycles. The number of likely N-dealkylation sites (N-methyl/N-ethyl adjacent to an activating group) is 1. The Hall–Kier alpha value is -0.610. The second kappa shape index (κ2) is 6.21. The Bertz CT molecular complexity index is 227. The highest BCUT2D eigenvalue weighted by atomic mass is 16.5. The van der Waals surface area contributed by atoms with Gasteiger partial charge in [-0.15, -0.1) is 0 Å². The van der Waals surface area contributed by atoms with Crippen molar-refractivity contribution in [1.29, 1.82) is 0 Å². The van der Waals surface area contributed by atoms with E-state index < -0.39 is 0 Å². The van der Waals surface area contributed by atoms with Crippen LogP contribution in [0, 0.1) is 11.8 Å². The molecule has 0 spiro atoms. The van der Waals surface area contributed by atoms with Crippen molar-refractivity contribution in [1.82, 2.24) is 4.90 Å². The number of nitrogens with zero attached hydrogens (tertiary/aromatic N) is 1. The summed E-state index contributed by atoms with van der Waals surface area (Å²) < 4.78 is 5.49. The molecule has 16 heavy (non-hydrogen) atoms. The van der Waals surface area contributed by atoms with Crippen molar-refractivity contribution in [3.63, 3.8) is 0 Å². The van der Waals surface area contributed by atoms with Crippen LogP contribution in [-0.4, -0.2) is 43.7 Å². The van der Waals surface area contributed by atoms with Gasteiger partial charge in [-0.3, -0.25) is 4.79 Å². The minimum Gasteiger partial charge on any atom is -0.379 e. The quantitative estimate of drug-likeness (QED) is 0.657. The van der Waals surface area contributed by atoms with Gasteiger partial charge in [0, 0.05) is 26.2 Å². The van der Waals surface area contributed by atoms with Crippen molar-refractivity contribution in [2.75, 3.05) is 26.8 Å². The molecule has 1 rings (SSSR count). The lowest BCUT2D eigenvalue weighted by molar-refractivity contribution is -0.134. The second-order valence-corrected chi connectivity index (χ2v) is 4.93. The van der Waals surface area contributed by atoms with E-state index in [-0.39, 0.29) is 17.9 Å². The molecule has 0 saturated heterocycles. The van der Waals surface area contributed by atoms with Crippen LogP contribution in [0.5, 0.6) is 0 Å². The first kappa shape index (κ1) is 13.5. The van der Waals surface area contributed by atoms with E-state index in [2.05, 4.69) is 0 Å². The molecule has 0 aromatic carbocycles. The average Bonchev–Trinajstić information content (AvgIpc) is 3.05. The van der Waals surface area contributed by atoms with Crippen LogP contribution in [0.2, 0.25) is 0 Å². The first-order valence-electron chi connectivity index (χ1n) is 6.10. The molecule has 2 unspecified atom stereocenters. The van der Waals surface area contributed by atoms with Gasteiger partial charge in [0.1, 0.15) is 0 Å². The van der Waals surface area contributed by atoms with Crippen LogP contribution in [0.25, 0.3) is 0 Å². The molecule has 1 saturated carbocycles. The number of carbonyl (C=O) groups excluding carboxylic acids is 1. The molecule has 0 radical (unpaired) electrons. The standard InChI is InChI=1S/C12H24N2O2/c1-9(10(2)13)12(15)14(3)6-7-16-8-11-4-5-11/h9-11H,4-8,13H2,1-3H3. The average molecular weight is 228 g/mol. The maximum absolute atomic E-state index is 11.8. The van der Waals surface area contributed by atoms with Crippen molar-refractivity contribution in [2.45, 2.75) is 32.7 Å². The SMILES string of the molecule is CC(N)C(C)C(=O)N(C)CCOCC1CC1. The number of nitrogens with two attached hydrogens (primary N) is 1. The number of carbonyl (C=O) groups is 1. The Morgan fingerprint density at radius 3 is 2.62 bits per heavy atom. The fourth-order valence-corrected chi connectivity index (χ4v) is 1.42. The van der Waals surface area contributed by atoms with Crippen molar-refractivity contribution in [2.24, 2.45) is 17.6 Å². The van der Waals surface area contributed by atoms with E-state index in [1.54, 1.807) is 4.90 Å². The highest BCUT2D eigenvalue weighted by molar-refractivity contribution is 5.78. The fourth-order valence-electron chi connectivity index (χ4n) is 1.42. The number of amides is 1. The van der Waals surface area contributed by atoms with E-state index in [4.69, 9.17) is 10.5 Å². The Balaban J connectivity index is 2.11. The lowest BCUT2D eigenvalue weighted by Crippen LogP contribution is -2.41. The van der Waals surface area contributed by atoms with Crippen molar-refractivity contribution in [3.8, 4) is 0 Å². The maximum Gasteiger partial charge on any atom is 0.226 e. The molecule has 1 aliphatic rings. The van der Waals surface area contributed by atoms with Crippen LogP contribution in [0.15, 0.2) is 0 Å². The molecule has 0 aromatic rings. The minimum absolute atomic E-state index is 0.0951. The Morgan fingerprint density at radius 2 is 2.12 bits per heavy atom. The van der Waals surface area contributed by atoms with Crippen molar-refractivity contribution in [3.05, 3.63) is 0 Å². The summed E-state index contributed by atoms with van der Waals surface area (Å²) in [6, 6.07) is -0.0951. The monoisotopic (exact) mass is 228 g/mol. The summed E-state index contributed by atoms with van der Waals surface area (Å²) in [6.07, 6.45) is 2.60. The van der Waals surface area contributed by atoms with E-state index >= 15 is 0 Å². The van der Waals surface area contributed by atoms with E-state index in [9.17, 15) is 4.79 Å². The van der Waals surface area contributed by atoms with Gasteiger partial charge in [-0.05, 0) is 25.7 Å². The summed E-state index contributed by atoms with van der Waals surface area (Å²) in [5, 5.41) is 0. The summed E-state index contributed by atoms with van der Waals surface area (Å²) in [5.41, 5.74) is 5.70. The van der Waals surface area contributed by atoms with Crippen LogP contribution in [0.3, 0.4) is 0 Å². The number of hydrogen-bond donors (Lipinski definition) is 1. The molecule has 2 atom stereocenters. The number of rotatable bonds is 7. The van der Waals surface area contributed by atoms with Gasteiger partial charge in [0.05, 0.1) is 12.5 Å². The van der Waals surface area contributed by atoms with E-state index in [1.165, 1.54) is 12.8 Å². The predicted octanol–water partition coefficient (Wildman–Crippen LogP) is 0.855. The molecule has 1 fully saturated rings. The molecule has 0 heterocycles. The van der Waals surface area contributed by atoms with Gasteiger partial charge >= 0.3 is 0 Å². The summed E-state index contributed by atoms with van der Waals surface area (Å²) in [7, 11) is 1.81. The molecule has 94 valence electrons. The predicted molar refractivity (Wildman–Crippen MR) is 64.0 cm³/mol. The van der Waals surface area contributed by atoms with Crippen LogP contribution >= 0.6 is 0 Å². The zero-order chi connectivity index (χ0) is 12.1. The zero-order valence-corrected chi connectivity index (χ0v) is 10.6. The largest absolute Gasteiger partial charge is 0.379 e. The summed E-state index contributed by atoms with van der Waals surface area (Å²) >= 11 is 0. The first-order valence-corrected chi connectivity index (χ1v) is 6.10. The van der Waals surface area contributed by atoms with E-state index in [0.29, 0.717) is 13.2 Å². The third-order valence-corrected chi connectivity index (χ3v) is 3.18. The van der Waals surface area contributed by atoms with Gasteiger partial charge in [0.15, 0.2) is 0 Å². The lowest BCUT2D eigenvalue weighted by Gasteiger charge is -2.23. The van der Waals surface area contributed by atoms with E-state index in [0.717, 1.165) is 12.5 Å². The minimum atomic E-state index is -0.117. The van der Waals surface area contributed by atoms with Crippen molar-refractivity contribution >= 4 is 5.91 Å². The normalized spacial score (nSPS) is 19.2. The first-order chi connectivity index (χ1) is 7.52. The van der Waals surface area contributed by atoms with Gasteiger partial charge in [0.25, 0.3) is 0 Å². The third kappa shape index (κ3) is 4.49. The lowest BCUT2D eigenvalue weighted by atomic mass is 10.0. The Labute approximate surface area is 98.1 Å². The molecule has 1 amide bonds. The van der Waals surface area contributed by atoms with Gasteiger partial charge in [0.2, 0.25) is 5.91 Å². The molecule has 1 aliphatic carbocycles. The van der Waals surface area contributed by atoms with Gasteiger partial charge in [-0.2, -0.15) is 0 Å². The highest BCUT2D eigenvalue weighted by Crippen LogP contribution is 2.28.